The fraction of sp³-hybridized carbons (Fsp3) is 0.474. The molecule has 2 aliphatic rings. The number of nitrogens with one attached hydrogen (secondary N) is 1. The second kappa shape index (κ2) is 6.30. The standard InChI is InChI=1S/C19H24N4O/c1-14(15-8-9-15)23-18(10-11-20-23)21-19(24)13-22-12-4-6-16-5-2-3-7-17(16)22/h2-3,5,7,10-11,14-15H,4,6,8-9,12-13H2,1H3,(H,21,24)/t14-/m1/s1. The number of rotatable bonds is 5. The van der Waals surface area contributed by atoms with E-state index in [0.717, 1.165) is 25.2 Å². The highest BCUT2D eigenvalue weighted by atomic mass is 16.2. The summed E-state index contributed by atoms with van der Waals surface area (Å²) in [4.78, 5) is 14.7. The van der Waals surface area contributed by atoms with Crippen molar-refractivity contribution < 1.29 is 4.79 Å². The normalized spacial score (nSPS) is 18.1. The summed E-state index contributed by atoms with van der Waals surface area (Å²) in [5.74, 6) is 1.54. The van der Waals surface area contributed by atoms with E-state index < -0.39 is 0 Å². The third kappa shape index (κ3) is 3.03. The maximum Gasteiger partial charge on any atom is 0.245 e. The molecule has 5 heteroatoms. The van der Waals surface area contributed by atoms with Crippen molar-refractivity contribution in [3.63, 3.8) is 0 Å². The monoisotopic (exact) mass is 324 g/mol. The second-order valence-corrected chi connectivity index (χ2v) is 6.94. The molecule has 1 N–H and O–H groups in total. The first-order valence-electron chi connectivity index (χ1n) is 8.88. The molecular formula is C19H24N4O. The molecule has 126 valence electrons. The molecule has 1 aliphatic heterocycles. The first kappa shape index (κ1) is 15.2. The number of nitrogens with zero attached hydrogens (tertiary/aromatic N) is 3. The van der Waals surface area contributed by atoms with Crippen LogP contribution in [0.5, 0.6) is 0 Å². The third-order valence-electron chi connectivity index (χ3n) is 5.17. The van der Waals surface area contributed by atoms with Crippen LogP contribution in [0.2, 0.25) is 0 Å². The summed E-state index contributed by atoms with van der Waals surface area (Å²) < 4.78 is 1.96. The fourth-order valence-electron chi connectivity index (χ4n) is 3.65. The first-order chi connectivity index (χ1) is 11.7. The number of benzene rings is 1. The van der Waals surface area contributed by atoms with Gasteiger partial charge in [0.2, 0.25) is 5.91 Å². The largest absolute Gasteiger partial charge is 0.362 e. The van der Waals surface area contributed by atoms with Crippen molar-refractivity contribution in [1.82, 2.24) is 9.78 Å². The van der Waals surface area contributed by atoms with E-state index in [9.17, 15) is 4.79 Å². The Kier molecular flexibility index (Phi) is 4.00. The molecule has 24 heavy (non-hydrogen) atoms. The maximum absolute atomic E-state index is 12.6. The minimum absolute atomic E-state index is 0.0245. The van der Waals surface area contributed by atoms with Crippen LogP contribution in [-0.2, 0) is 11.2 Å². The Labute approximate surface area is 142 Å². The Hall–Kier alpha value is -2.30. The number of aryl methyl sites for hydroxylation is 1. The number of hydrogen-bond acceptors (Lipinski definition) is 3. The van der Waals surface area contributed by atoms with Crippen LogP contribution in [-0.4, -0.2) is 28.8 Å². The Morgan fingerprint density at radius 2 is 2.17 bits per heavy atom. The smallest absolute Gasteiger partial charge is 0.245 e. The Morgan fingerprint density at radius 1 is 1.33 bits per heavy atom. The molecule has 1 aromatic heterocycles. The number of fused-ring (bicyclic) bond motifs is 1. The van der Waals surface area contributed by atoms with Gasteiger partial charge in [-0.05, 0) is 50.2 Å². The van der Waals surface area contributed by atoms with E-state index in [-0.39, 0.29) is 5.91 Å². The SMILES string of the molecule is C[C@H](C1CC1)n1nccc1NC(=O)CN1CCCc2ccccc21. The molecule has 1 aromatic carbocycles. The van der Waals surface area contributed by atoms with Crippen LogP contribution < -0.4 is 10.2 Å². The number of aromatic nitrogens is 2. The van der Waals surface area contributed by atoms with E-state index in [4.69, 9.17) is 0 Å². The molecule has 0 saturated heterocycles. The van der Waals surface area contributed by atoms with E-state index in [0.29, 0.717) is 18.5 Å². The van der Waals surface area contributed by atoms with Crippen molar-refractivity contribution in [3.8, 4) is 0 Å². The topological polar surface area (TPSA) is 50.2 Å². The van der Waals surface area contributed by atoms with E-state index in [2.05, 4.69) is 40.4 Å². The van der Waals surface area contributed by atoms with Gasteiger partial charge in [-0.25, -0.2) is 4.68 Å². The number of hydrogen-bond donors (Lipinski definition) is 1. The second-order valence-electron chi connectivity index (χ2n) is 6.94. The van der Waals surface area contributed by atoms with Crippen molar-refractivity contribution >= 4 is 17.4 Å². The zero-order valence-electron chi connectivity index (χ0n) is 14.1. The van der Waals surface area contributed by atoms with Crippen molar-refractivity contribution in [2.75, 3.05) is 23.3 Å². The molecule has 0 radical (unpaired) electrons. The Balaban J connectivity index is 1.44. The van der Waals surface area contributed by atoms with Gasteiger partial charge < -0.3 is 10.2 Å². The van der Waals surface area contributed by atoms with Gasteiger partial charge in [0, 0.05) is 18.3 Å². The molecule has 0 bridgehead atoms. The van der Waals surface area contributed by atoms with Gasteiger partial charge in [0.15, 0.2) is 0 Å². The van der Waals surface area contributed by atoms with Gasteiger partial charge >= 0.3 is 0 Å². The number of para-hydroxylation sites is 1. The molecule has 2 heterocycles. The lowest BCUT2D eigenvalue weighted by molar-refractivity contribution is -0.115. The third-order valence-corrected chi connectivity index (χ3v) is 5.17. The Morgan fingerprint density at radius 3 is 3.00 bits per heavy atom. The van der Waals surface area contributed by atoms with E-state index in [1.807, 2.05) is 16.8 Å². The van der Waals surface area contributed by atoms with Crippen molar-refractivity contribution in [3.05, 3.63) is 42.1 Å². The molecule has 0 spiro atoms. The van der Waals surface area contributed by atoms with Crippen LogP contribution in [0, 0.1) is 5.92 Å². The van der Waals surface area contributed by atoms with Gasteiger partial charge in [0.25, 0.3) is 0 Å². The lowest BCUT2D eigenvalue weighted by atomic mass is 10.0. The Bertz CT molecular complexity index is 734. The summed E-state index contributed by atoms with van der Waals surface area (Å²) >= 11 is 0. The number of carbonyl (C=O) groups excluding carboxylic acids is 1. The molecule has 2 aromatic rings. The summed E-state index contributed by atoms with van der Waals surface area (Å²) in [5.41, 5.74) is 2.53. The van der Waals surface area contributed by atoms with Gasteiger partial charge in [0.05, 0.1) is 18.8 Å². The summed E-state index contributed by atoms with van der Waals surface area (Å²) in [6, 6.07) is 10.6. The number of carbonyl (C=O) groups is 1. The predicted octanol–water partition coefficient (Wildman–Crippen LogP) is 3.25. The number of anilines is 2. The molecular weight excluding hydrogens is 300 g/mol. The number of amides is 1. The molecule has 1 atom stereocenters. The maximum atomic E-state index is 12.6. The van der Waals surface area contributed by atoms with Crippen LogP contribution in [0.15, 0.2) is 36.5 Å². The summed E-state index contributed by atoms with van der Waals surface area (Å²) in [6.45, 7) is 3.50. The molecule has 1 aliphatic carbocycles. The van der Waals surface area contributed by atoms with Crippen LogP contribution >= 0.6 is 0 Å². The average Bonchev–Trinajstić information content (AvgIpc) is 3.35. The van der Waals surface area contributed by atoms with Gasteiger partial charge in [0.1, 0.15) is 5.82 Å². The highest BCUT2D eigenvalue weighted by molar-refractivity contribution is 5.93. The summed E-state index contributed by atoms with van der Waals surface area (Å²) in [7, 11) is 0. The minimum Gasteiger partial charge on any atom is -0.362 e. The van der Waals surface area contributed by atoms with Gasteiger partial charge in [-0.15, -0.1) is 0 Å². The lowest BCUT2D eigenvalue weighted by Crippen LogP contribution is -2.37. The molecule has 5 nitrogen and oxygen atoms in total. The summed E-state index contributed by atoms with van der Waals surface area (Å²) in [5, 5.41) is 7.45. The van der Waals surface area contributed by atoms with Crippen LogP contribution in [0.3, 0.4) is 0 Å². The van der Waals surface area contributed by atoms with Crippen LogP contribution in [0.4, 0.5) is 11.5 Å². The quantitative estimate of drug-likeness (QED) is 0.918. The van der Waals surface area contributed by atoms with Crippen LogP contribution in [0.1, 0.15) is 37.8 Å². The van der Waals surface area contributed by atoms with E-state index in [1.54, 1.807) is 6.20 Å². The van der Waals surface area contributed by atoms with Crippen molar-refractivity contribution in [1.29, 1.82) is 0 Å². The van der Waals surface area contributed by atoms with Crippen molar-refractivity contribution in [2.45, 2.75) is 38.6 Å². The van der Waals surface area contributed by atoms with Gasteiger partial charge in [-0.1, -0.05) is 18.2 Å². The van der Waals surface area contributed by atoms with Gasteiger partial charge in [-0.3, -0.25) is 4.79 Å². The summed E-state index contributed by atoms with van der Waals surface area (Å²) in [6.07, 6.45) is 6.49. The molecule has 1 saturated carbocycles. The fourth-order valence-corrected chi connectivity index (χ4v) is 3.65. The molecule has 1 amide bonds. The predicted molar refractivity (Wildman–Crippen MR) is 95.3 cm³/mol. The minimum atomic E-state index is 0.0245. The molecule has 0 unspecified atom stereocenters. The van der Waals surface area contributed by atoms with E-state index in [1.165, 1.54) is 24.1 Å². The van der Waals surface area contributed by atoms with E-state index >= 15 is 0 Å². The zero-order valence-corrected chi connectivity index (χ0v) is 14.1. The molecule has 4 rings (SSSR count). The van der Waals surface area contributed by atoms with Crippen LogP contribution in [0.25, 0.3) is 0 Å². The lowest BCUT2D eigenvalue weighted by Gasteiger charge is -2.30. The molecule has 1 fully saturated rings. The first-order valence-corrected chi connectivity index (χ1v) is 8.88. The zero-order chi connectivity index (χ0) is 16.5. The highest BCUT2D eigenvalue weighted by Gasteiger charge is 2.31. The van der Waals surface area contributed by atoms with Crippen molar-refractivity contribution in [2.24, 2.45) is 5.92 Å². The van der Waals surface area contributed by atoms with Gasteiger partial charge in [-0.2, -0.15) is 5.10 Å². The highest BCUT2D eigenvalue weighted by Crippen LogP contribution is 2.40. The average molecular weight is 324 g/mol.